The molecule has 24 heavy (non-hydrogen) atoms. The first-order valence-corrected chi connectivity index (χ1v) is 8.35. The summed E-state index contributed by atoms with van der Waals surface area (Å²) < 4.78 is 5.23. The Kier molecular flexibility index (Phi) is 5.32. The van der Waals surface area contributed by atoms with Gasteiger partial charge >= 0.3 is 12.0 Å². The average molecular weight is 333 g/mol. The predicted molar refractivity (Wildman–Crippen MR) is 89.0 cm³/mol. The number of hydrogen-bond acceptors (Lipinski definition) is 4. The van der Waals surface area contributed by atoms with Gasteiger partial charge in [0.25, 0.3) is 0 Å². The second kappa shape index (κ2) is 7.63. The molecule has 1 aromatic rings. The number of carbonyl (C=O) groups excluding carboxylic acids is 1. The minimum atomic E-state index is -0.831. The smallest absolute Gasteiger partial charge is 0.325 e. The highest BCUT2D eigenvalue weighted by Gasteiger charge is 2.29. The highest BCUT2D eigenvalue weighted by Crippen LogP contribution is 2.26. The normalized spacial score (nSPS) is 19.9. The standard InChI is InChI=1S/C17H23N3O4/c21-16(22)15(19-7-1-2-8-19)13-3-5-14(6-4-13)18-17(23)20-9-11-24-12-10-20/h3-6,15H,1-2,7-12H2,(H,18,23)(H,21,22)/t15-/m1/s1. The van der Waals surface area contributed by atoms with Crippen molar-refractivity contribution in [1.82, 2.24) is 9.80 Å². The molecule has 2 saturated heterocycles. The number of morpholine rings is 1. The summed E-state index contributed by atoms with van der Waals surface area (Å²) >= 11 is 0. The van der Waals surface area contributed by atoms with Crippen molar-refractivity contribution in [3.8, 4) is 0 Å². The van der Waals surface area contributed by atoms with E-state index < -0.39 is 12.0 Å². The van der Waals surface area contributed by atoms with Gasteiger partial charge in [-0.15, -0.1) is 0 Å². The number of amides is 2. The van der Waals surface area contributed by atoms with Crippen molar-refractivity contribution in [1.29, 1.82) is 0 Å². The Morgan fingerprint density at radius 3 is 2.25 bits per heavy atom. The van der Waals surface area contributed by atoms with E-state index in [2.05, 4.69) is 5.32 Å². The highest BCUT2D eigenvalue weighted by atomic mass is 16.5. The van der Waals surface area contributed by atoms with Crippen molar-refractivity contribution in [3.63, 3.8) is 0 Å². The van der Waals surface area contributed by atoms with E-state index in [0.717, 1.165) is 31.5 Å². The summed E-state index contributed by atoms with van der Waals surface area (Å²) in [6.07, 6.45) is 2.08. The number of urea groups is 1. The van der Waals surface area contributed by atoms with E-state index in [1.807, 2.05) is 4.90 Å². The largest absolute Gasteiger partial charge is 0.480 e. The van der Waals surface area contributed by atoms with Crippen LogP contribution in [-0.2, 0) is 9.53 Å². The predicted octanol–water partition coefficient (Wildman–Crippen LogP) is 1.77. The highest BCUT2D eigenvalue weighted by molar-refractivity contribution is 5.89. The van der Waals surface area contributed by atoms with Gasteiger partial charge in [-0.05, 0) is 43.6 Å². The Labute approximate surface area is 141 Å². The average Bonchev–Trinajstić information content (AvgIpc) is 3.11. The zero-order valence-corrected chi connectivity index (χ0v) is 13.6. The minimum absolute atomic E-state index is 0.152. The number of aliphatic carboxylic acids is 1. The molecule has 0 saturated carbocycles. The van der Waals surface area contributed by atoms with E-state index in [9.17, 15) is 14.7 Å². The van der Waals surface area contributed by atoms with Gasteiger partial charge in [-0.1, -0.05) is 12.1 Å². The summed E-state index contributed by atoms with van der Waals surface area (Å²) in [6, 6.07) is 6.33. The lowest BCUT2D eigenvalue weighted by molar-refractivity contribution is -0.143. The summed E-state index contributed by atoms with van der Waals surface area (Å²) in [7, 11) is 0. The van der Waals surface area contributed by atoms with Gasteiger partial charge in [-0.25, -0.2) is 4.79 Å². The summed E-state index contributed by atoms with van der Waals surface area (Å²) in [5.41, 5.74) is 1.41. The lowest BCUT2D eigenvalue weighted by Crippen LogP contribution is -2.43. The van der Waals surface area contributed by atoms with E-state index in [1.54, 1.807) is 29.2 Å². The molecule has 2 amide bonds. The second-order valence-corrected chi connectivity index (χ2v) is 6.14. The van der Waals surface area contributed by atoms with E-state index >= 15 is 0 Å². The molecule has 0 unspecified atom stereocenters. The van der Waals surface area contributed by atoms with Crippen LogP contribution in [0.2, 0.25) is 0 Å². The Bertz CT molecular complexity index is 578. The zero-order chi connectivity index (χ0) is 16.9. The third-order valence-electron chi connectivity index (χ3n) is 4.52. The van der Waals surface area contributed by atoms with Crippen LogP contribution in [0, 0.1) is 0 Å². The van der Waals surface area contributed by atoms with Crippen molar-refractivity contribution >= 4 is 17.7 Å². The quantitative estimate of drug-likeness (QED) is 0.877. The molecule has 0 bridgehead atoms. The van der Waals surface area contributed by atoms with Crippen LogP contribution in [-0.4, -0.2) is 66.3 Å². The fraction of sp³-hybridized carbons (Fsp3) is 0.529. The van der Waals surface area contributed by atoms with Gasteiger partial charge in [-0.2, -0.15) is 0 Å². The van der Waals surface area contributed by atoms with E-state index in [1.165, 1.54) is 0 Å². The van der Waals surface area contributed by atoms with Gasteiger partial charge in [0.2, 0.25) is 0 Å². The second-order valence-electron chi connectivity index (χ2n) is 6.14. The molecule has 2 aliphatic heterocycles. The molecule has 2 aliphatic rings. The van der Waals surface area contributed by atoms with Gasteiger partial charge in [0.1, 0.15) is 6.04 Å². The van der Waals surface area contributed by atoms with Crippen LogP contribution in [0.3, 0.4) is 0 Å². The van der Waals surface area contributed by atoms with E-state index in [0.29, 0.717) is 32.0 Å². The van der Waals surface area contributed by atoms with Crippen molar-refractivity contribution in [2.24, 2.45) is 0 Å². The summed E-state index contributed by atoms with van der Waals surface area (Å²) in [4.78, 5) is 27.5. The van der Waals surface area contributed by atoms with Crippen LogP contribution in [0.25, 0.3) is 0 Å². The van der Waals surface area contributed by atoms with Gasteiger partial charge < -0.3 is 20.1 Å². The molecule has 1 aromatic carbocycles. The summed E-state index contributed by atoms with van der Waals surface area (Å²) in [5.74, 6) is -0.831. The molecule has 7 nitrogen and oxygen atoms in total. The van der Waals surface area contributed by atoms with Gasteiger partial charge in [0.15, 0.2) is 0 Å². The molecule has 0 spiro atoms. The first-order valence-electron chi connectivity index (χ1n) is 8.35. The minimum Gasteiger partial charge on any atom is -0.480 e. The molecule has 2 fully saturated rings. The van der Waals surface area contributed by atoms with Crippen LogP contribution in [0.15, 0.2) is 24.3 Å². The topological polar surface area (TPSA) is 82.1 Å². The lowest BCUT2D eigenvalue weighted by Gasteiger charge is -2.27. The molecule has 3 rings (SSSR count). The van der Waals surface area contributed by atoms with Crippen molar-refractivity contribution < 1.29 is 19.4 Å². The molecule has 7 heteroatoms. The van der Waals surface area contributed by atoms with Gasteiger partial charge in [0, 0.05) is 18.8 Å². The van der Waals surface area contributed by atoms with Gasteiger partial charge in [0.05, 0.1) is 13.2 Å². The number of ether oxygens (including phenoxy) is 1. The van der Waals surface area contributed by atoms with Crippen molar-refractivity contribution in [2.75, 3.05) is 44.7 Å². The van der Waals surface area contributed by atoms with E-state index in [4.69, 9.17) is 4.74 Å². The molecule has 130 valence electrons. The molecule has 0 aliphatic carbocycles. The third-order valence-corrected chi connectivity index (χ3v) is 4.52. The van der Waals surface area contributed by atoms with Crippen LogP contribution in [0.5, 0.6) is 0 Å². The van der Waals surface area contributed by atoms with Crippen LogP contribution in [0.4, 0.5) is 10.5 Å². The fourth-order valence-electron chi connectivity index (χ4n) is 3.23. The van der Waals surface area contributed by atoms with Gasteiger partial charge in [-0.3, -0.25) is 9.69 Å². The summed E-state index contributed by atoms with van der Waals surface area (Å²) in [6.45, 7) is 3.91. The van der Waals surface area contributed by atoms with Crippen LogP contribution in [0.1, 0.15) is 24.4 Å². The molecule has 0 radical (unpaired) electrons. The Morgan fingerprint density at radius 2 is 1.67 bits per heavy atom. The molecular weight excluding hydrogens is 310 g/mol. The molecule has 1 atom stereocenters. The number of carboxylic acids is 1. The SMILES string of the molecule is O=C(O)[C@@H](c1ccc(NC(=O)N2CCOCC2)cc1)N1CCCC1. The molecule has 0 aromatic heterocycles. The maximum Gasteiger partial charge on any atom is 0.325 e. The molecule has 2 heterocycles. The number of nitrogens with zero attached hydrogens (tertiary/aromatic N) is 2. The number of rotatable bonds is 4. The lowest BCUT2D eigenvalue weighted by atomic mass is 10.1. The maximum absolute atomic E-state index is 12.2. The number of nitrogens with one attached hydrogen (secondary N) is 1. The maximum atomic E-state index is 12.2. The number of anilines is 1. The monoisotopic (exact) mass is 333 g/mol. The van der Waals surface area contributed by atoms with Crippen molar-refractivity contribution in [3.05, 3.63) is 29.8 Å². The zero-order valence-electron chi connectivity index (χ0n) is 13.6. The summed E-state index contributed by atoms with van der Waals surface area (Å²) in [5, 5.41) is 12.4. The fourth-order valence-corrected chi connectivity index (χ4v) is 3.23. The number of benzene rings is 1. The number of carbonyl (C=O) groups is 2. The first-order chi connectivity index (χ1) is 11.6. The number of hydrogen-bond donors (Lipinski definition) is 2. The Morgan fingerprint density at radius 1 is 1.04 bits per heavy atom. The first kappa shape index (κ1) is 16.7. The number of likely N-dealkylation sites (tertiary alicyclic amines) is 1. The Hall–Kier alpha value is -2.12. The number of carboxylic acid groups (broad SMARTS) is 1. The van der Waals surface area contributed by atoms with Crippen molar-refractivity contribution in [2.45, 2.75) is 18.9 Å². The molecular formula is C17H23N3O4. The van der Waals surface area contributed by atoms with Crippen LogP contribution >= 0.6 is 0 Å². The van der Waals surface area contributed by atoms with E-state index in [-0.39, 0.29) is 6.03 Å². The Balaban J connectivity index is 1.65. The molecule has 2 N–H and O–H groups in total. The third kappa shape index (κ3) is 3.85. The van der Waals surface area contributed by atoms with Crippen LogP contribution < -0.4 is 5.32 Å².